The molecule has 5 heteroatoms. The van der Waals surface area contributed by atoms with Gasteiger partial charge < -0.3 is 10.1 Å². The Kier molecular flexibility index (Phi) is 5.69. The molecule has 22 heavy (non-hydrogen) atoms. The van der Waals surface area contributed by atoms with E-state index in [9.17, 15) is 4.79 Å². The molecular formula is C17H17Cl2NO2. The zero-order valence-corrected chi connectivity index (χ0v) is 14.0. The quantitative estimate of drug-likeness (QED) is 0.844. The molecule has 0 fully saturated rings. The largest absolute Gasteiger partial charge is 0.484 e. The number of amides is 1. The molecule has 2 aromatic rings. The van der Waals surface area contributed by atoms with Gasteiger partial charge in [0.15, 0.2) is 6.61 Å². The Labute approximate surface area is 140 Å². The van der Waals surface area contributed by atoms with E-state index in [1.165, 1.54) is 0 Å². The van der Waals surface area contributed by atoms with Gasteiger partial charge in [0, 0.05) is 15.7 Å². The number of ether oxygens (including phenoxy) is 1. The lowest BCUT2D eigenvalue weighted by molar-refractivity contribution is -0.118. The van der Waals surface area contributed by atoms with E-state index in [4.69, 9.17) is 27.9 Å². The van der Waals surface area contributed by atoms with Crippen LogP contribution >= 0.6 is 23.2 Å². The van der Waals surface area contributed by atoms with E-state index in [0.29, 0.717) is 15.8 Å². The zero-order chi connectivity index (χ0) is 16.1. The van der Waals surface area contributed by atoms with Gasteiger partial charge in [-0.2, -0.15) is 0 Å². The Morgan fingerprint density at radius 2 is 1.95 bits per heavy atom. The van der Waals surface area contributed by atoms with Gasteiger partial charge in [0.1, 0.15) is 5.75 Å². The first-order valence-electron chi connectivity index (χ1n) is 6.97. The van der Waals surface area contributed by atoms with Crippen molar-refractivity contribution in [3.8, 4) is 5.75 Å². The lowest BCUT2D eigenvalue weighted by Crippen LogP contribution is -2.20. The van der Waals surface area contributed by atoms with Crippen molar-refractivity contribution >= 4 is 34.8 Å². The highest BCUT2D eigenvalue weighted by Gasteiger charge is 2.07. The summed E-state index contributed by atoms with van der Waals surface area (Å²) in [5.74, 6) is 0.405. The number of hydrogen-bond donors (Lipinski definition) is 1. The minimum atomic E-state index is -0.224. The molecule has 116 valence electrons. The van der Waals surface area contributed by atoms with Gasteiger partial charge in [-0.25, -0.2) is 0 Å². The maximum Gasteiger partial charge on any atom is 0.262 e. The second-order valence-electron chi connectivity index (χ2n) is 4.90. The summed E-state index contributed by atoms with van der Waals surface area (Å²) in [7, 11) is 0. The summed E-state index contributed by atoms with van der Waals surface area (Å²) in [4.78, 5) is 11.9. The molecule has 0 aliphatic heterocycles. The van der Waals surface area contributed by atoms with Crippen LogP contribution in [0.3, 0.4) is 0 Å². The van der Waals surface area contributed by atoms with Gasteiger partial charge in [0.2, 0.25) is 0 Å². The van der Waals surface area contributed by atoms with Crippen molar-refractivity contribution in [1.29, 1.82) is 0 Å². The van der Waals surface area contributed by atoms with Gasteiger partial charge >= 0.3 is 0 Å². The Hall–Kier alpha value is -1.71. The third-order valence-corrected chi connectivity index (χ3v) is 3.83. The maximum atomic E-state index is 11.9. The number of carbonyl (C=O) groups is 1. The van der Waals surface area contributed by atoms with Crippen molar-refractivity contribution in [2.24, 2.45) is 0 Å². The fraction of sp³-hybridized carbons (Fsp3) is 0.235. The van der Waals surface area contributed by atoms with Crippen LogP contribution in [-0.2, 0) is 11.2 Å². The van der Waals surface area contributed by atoms with E-state index >= 15 is 0 Å². The van der Waals surface area contributed by atoms with Crippen molar-refractivity contribution < 1.29 is 9.53 Å². The molecule has 0 radical (unpaired) electrons. The van der Waals surface area contributed by atoms with Crippen LogP contribution in [0.15, 0.2) is 36.4 Å². The van der Waals surface area contributed by atoms with Crippen molar-refractivity contribution in [2.45, 2.75) is 20.3 Å². The van der Waals surface area contributed by atoms with E-state index < -0.39 is 0 Å². The lowest BCUT2D eigenvalue weighted by atomic mass is 10.1. The summed E-state index contributed by atoms with van der Waals surface area (Å²) in [6, 6.07) is 10.7. The molecule has 0 atom stereocenters. The highest BCUT2D eigenvalue weighted by atomic mass is 35.5. The van der Waals surface area contributed by atoms with Crippen LogP contribution in [0, 0.1) is 6.92 Å². The predicted octanol–water partition coefficient (Wildman–Crippen LogP) is 4.88. The number of carbonyl (C=O) groups excluding carboxylic acids is 1. The Balaban J connectivity index is 1.95. The van der Waals surface area contributed by atoms with Crippen LogP contribution in [0.4, 0.5) is 5.69 Å². The number of halogens is 2. The Bertz CT molecular complexity index is 686. The first-order valence-corrected chi connectivity index (χ1v) is 7.72. The third kappa shape index (κ3) is 4.39. The molecular weight excluding hydrogens is 321 g/mol. The molecule has 0 aliphatic carbocycles. The van der Waals surface area contributed by atoms with Gasteiger partial charge in [-0.05, 0) is 60.9 Å². The van der Waals surface area contributed by atoms with Crippen molar-refractivity contribution in [1.82, 2.24) is 0 Å². The zero-order valence-electron chi connectivity index (χ0n) is 12.5. The standard InChI is InChI=1S/C17H17Cl2NO2/c1-3-12-9-14(5-6-15(12)19)22-10-17(21)20-16-7-4-13(18)8-11(16)2/h4-9H,3,10H2,1-2H3,(H,20,21). The SMILES string of the molecule is CCc1cc(OCC(=O)Nc2ccc(Cl)cc2C)ccc1Cl. The summed E-state index contributed by atoms with van der Waals surface area (Å²) in [5.41, 5.74) is 2.62. The van der Waals surface area contributed by atoms with Gasteiger partial charge in [-0.15, -0.1) is 0 Å². The van der Waals surface area contributed by atoms with Gasteiger partial charge in [-0.3, -0.25) is 4.79 Å². The van der Waals surface area contributed by atoms with Crippen molar-refractivity contribution in [3.63, 3.8) is 0 Å². The lowest BCUT2D eigenvalue weighted by Gasteiger charge is -2.11. The van der Waals surface area contributed by atoms with Crippen LogP contribution in [0.2, 0.25) is 10.0 Å². The van der Waals surface area contributed by atoms with E-state index in [2.05, 4.69) is 5.32 Å². The summed E-state index contributed by atoms with van der Waals surface area (Å²) in [6.07, 6.45) is 0.812. The number of aryl methyl sites for hydroxylation is 2. The van der Waals surface area contributed by atoms with Crippen LogP contribution in [0.1, 0.15) is 18.1 Å². The molecule has 0 saturated heterocycles. The number of nitrogens with one attached hydrogen (secondary N) is 1. The fourth-order valence-electron chi connectivity index (χ4n) is 2.01. The molecule has 2 rings (SSSR count). The predicted molar refractivity (Wildman–Crippen MR) is 91.1 cm³/mol. The van der Waals surface area contributed by atoms with Gasteiger partial charge in [0.05, 0.1) is 0 Å². The number of benzene rings is 2. The minimum absolute atomic E-state index is 0.0626. The van der Waals surface area contributed by atoms with E-state index in [1.54, 1.807) is 30.3 Å². The second kappa shape index (κ2) is 7.52. The van der Waals surface area contributed by atoms with Crippen LogP contribution in [0.25, 0.3) is 0 Å². The molecule has 3 nitrogen and oxygen atoms in total. The van der Waals surface area contributed by atoms with Crippen LogP contribution < -0.4 is 10.1 Å². The molecule has 0 aliphatic rings. The number of rotatable bonds is 5. The van der Waals surface area contributed by atoms with Gasteiger partial charge in [0.25, 0.3) is 5.91 Å². The van der Waals surface area contributed by atoms with Gasteiger partial charge in [-0.1, -0.05) is 30.1 Å². The Morgan fingerprint density at radius 3 is 2.64 bits per heavy atom. The molecule has 1 amide bonds. The molecule has 0 bridgehead atoms. The summed E-state index contributed by atoms with van der Waals surface area (Å²) < 4.78 is 5.50. The van der Waals surface area contributed by atoms with Crippen LogP contribution in [-0.4, -0.2) is 12.5 Å². The molecule has 0 aromatic heterocycles. The van der Waals surface area contributed by atoms with Crippen molar-refractivity contribution in [2.75, 3.05) is 11.9 Å². The molecule has 0 unspecified atom stereocenters. The molecule has 0 heterocycles. The average Bonchev–Trinajstić information content (AvgIpc) is 2.49. The number of anilines is 1. The maximum absolute atomic E-state index is 11.9. The topological polar surface area (TPSA) is 38.3 Å². The van der Waals surface area contributed by atoms with Crippen molar-refractivity contribution in [3.05, 3.63) is 57.6 Å². The fourth-order valence-corrected chi connectivity index (χ4v) is 2.49. The third-order valence-electron chi connectivity index (χ3n) is 3.23. The normalized spacial score (nSPS) is 10.4. The summed E-state index contributed by atoms with van der Waals surface area (Å²) >= 11 is 11.9. The number of hydrogen-bond acceptors (Lipinski definition) is 2. The van der Waals surface area contributed by atoms with E-state index in [0.717, 1.165) is 23.2 Å². The summed E-state index contributed by atoms with van der Waals surface area (Å²) in [5, 5.41) is 4.14. The Morgan fingerprint density at radius 1 is 1.18 bits per heavy atom. The van der Waals surface area contributed by atoms with Crippen LogP contribution in [0.5, 0.6) is 5.75 Å². The minimum Gasteiger partial charge on any atom is -0.484 e. The molecule has 0 spiro atoms. The molecule has 0 saturated carbocycles. The highest BCUT2D eigenvalue weighted by Crippen LogP contribution is 2.23. The smallest absolute Gasteiger partial charge is 0.262 e. The monoisotopic (exact) mass is 337 g/mol. The van der Waals surface area contributed by atoms with E-state index in [1.807, 2.05) is 19.9 Å². The highest BCUT2D eigenvalue weighted by molar-refractivity contribution is 6.31. The van der Waals surface area contributed by atoms with E-state index in [-0.39, 0.29) is 12.5 Å². The molecule has 1 N–H and O–H groups in total. The summed E-state index contributed by atoms with van der Waals surface area (Å²) in [6.45, 7) is 3.84. The average molecular weight is 338 g/mol. The second-order valence-corrected chi connectivity index (χ2v) is 5.75. The molecule has 2 aromatic carbocycles. The first kappa shape index (κ1) is 16.7. The first-order chi connectivity index (χ1) is 10.5.